The van der Waals surface area contributed by atoms with E-state index in [-0.39, 0.29) is 11.8 Å². The van der Waals surface area contributed by atoms with Gasteiger partial charge in [-0.25, -0.2) is 0 Å². The molecule has 3 aromatic carbocycles. The summed E-state index contributed by atoms with van der Waals surface area (Å²) in [5, 5.41) is 2.83. The molecular formula is C26H24F3N3O2. The van der Waals surface area contributed by atoms with Crippen molar-refractivity contribution in [2.45, 2.75) is 12.7 Å². The first-order chi connectivity index (χ1) is 16.3. The van der Waals surface area contributed by atoms with E-state index in [0.29, 0.717) is 49.5 Å². The molecule has 1 fully saturated rings. The summed E-state index contributed by atoms with van der Waals surface area (Å²) in [6, 6.07) is 20.9. The summed E-state index contributed by atoms with van der Waals surface area (Å²) in [4.78, 5) is 29.6. The Morgan fingerprint density at radius 3 is 2.06 bits per heavy atom. The molecule has 1 saturated heterocycles. The normalized spacial score (nSPS) is 14.6. The zero-order valence-electron chi connectivity index (χ0n) is 18.4. The van der Waals surface area contributed by atoms with Crippen LogP contribution in [0.4, 0.5) is 18.9 Å². The fourth-order valence-electron chi connectivity index (χ4n) is 3.90. The standard InChI is InChI=1S/C26H24F3N3O2/c27-26(28,29)21-12-10-19(11-13-21)18-31-14-16-32(17-15-31)25(34)22-8-4-5-9-23(22)30-24(33)20-6-2-1-3-7-20/h1-13H,14-18H2,(H,30,33). The highest BCUT2D eigenvalue weighted by molar-refractivity contribution is 6.09. The van der Waals surface area contributed by atoms with Crippen molar-refractivity contribution in [3.8, 4) is 0 Å². The van der Waals surface area contributed by atoms with Crippen LogP contribution in [-0.4, -0.2) is 47.8 Å². The van der Waals surface area contributed by atoms with Crippen LogP contribution in [0.25, 0.3) is 0 Å². The number of halogens is 3. The molecule has 0 spiro atoms. The molecule has 5 nitrogen and oxygen atoms in total. The van der Waals surface area contributed by atoms with Crippen LogP contribution < -0.4 is 5.32 Å². The lowest BCUT2D eigenvalue weighted by Crippen LogP contribution is -2.48. The van der Waals surface area contributed by atoms with E-state index in [9.17, 15) is 22.8 Å². The number of nitrogens with one attached hydrogen (secondary N) is 1. The Bertz CT molecular complexity index is 1140. The van der Waals surface area contributed by atoms with Gasteiger partial charge in [0.05, 0.1) is 16.8 Å². The highest BCUT2D eigenvalue weighted by atomic mass is 19.4. The fourth-order valence-corrected chi connectivity index (χ4v) is 3.90. The second kappa shape index (κ2) is 10.1. The number of nitrogens with zero attached hydrogens (tertiary/aromatic N) is 2. The summed E-state index contributed by atoms with van der Waals surface area (Å²) >= 11 is 0. The summed E-state index contributed by atoms with van der Waals surface area (Å²) in [5.74, 6) is -0.458. The largest absolute Gasteiger partial charge is 0.416 e. The van der Waals surface area contributed by atoms with Gasteiger partial charge in [0.1, 0.15) is 0 Å². The number of hydrogen-bond acceptors (Lipinski definition) is 3. The number of hydrogen-bond donors (Lipinski definition) is 1. The lowest BCUT2D eigenvalue weighted by Gasteiger charge is -2.35. The monoisotopic (exact) mass is 467 g/mol. The second-order valence-corrected chi connectivity index (χ2v) is 8.13. The van der Waals surface area contributed by atoms with Gasteiger partial charge in [-0.3, -0.25) is 14.5 Å². The van der Waals surface area contributed by atoms with E-state index in [2.05, 4.69) is 10.2 Å². The summed E-state index contributed by atoms with van der Waals surface area (Å²) in [6.07, 6.45) is -4.35. The Morgan fingerprint density at radius 1 is 0.794 bits per heavy atom. The molecule has 3 aromatic rings. The van der Waals surface area contributed by atoms with Gasteiger partial charge in [-0.05, 0) is 42.0 Å². The molecule has 8 heteroatoms. The highest BCUT2D eigenvalue weighted by Gasteiger charge is 2.30. The Morgan fingerprint density at radius 2 is 1.41 bits per heavy atom. The number of benzene rings is 3. The van der Waals surface area contributed by atoms with Gasteiger partial charge in [-0.15, -0.1) is 0 Å². The van der Waals surface area contributed by atoms with E-state index < -0.39 is 11.7 Å². The Kier molecular flexibility index (Phi) is 6.98. The quantitative estimate of drug-likeness (QED) is 0.580. The van der Waals surface area contributed by atoms with Crippen molar-refractivity contribution in [1.29, 1.82) is 0 Å². The minimum atomic E-state index is -4.35. The molecule has 0 saturated carbocycles. The van der Waals surface area contributed by atoms with E-state index in [1.165, 1.54) is 12.1 Å². The maximum absolute atomic E-state index is 13.2. The van der Waals surface area contributed by atoms with Crippen molar-refractivity contribution in [2.75, 3.05) is 31.5 Å². The van der Waals surface area contributed by atoms with Crippen LogP contribution in [0.1, 0.15) is 31.8 Å². The number of alkyl halides is 3. The number of anilines is 1. The van der Waals surface area contributed by atoms with Crippen LogP contribution in [0.2, 0.25) is 0 Å². The SMILES string of the molecule is O=C(Nc1ccccc1C(=O)N1CCN(Cc2ccc(C(F)(F)F)cc2)CC1)c1ccccc1. The minimum Gasteiger partial charge on any atom is -0.336 e. The van der Waals surface area contributed by atoms with Crippen molar-refractivity contribution in [3.05, 3.63) is 101 Å². The van der Waals surface area contributed by atoms with E-state index in [1.54, 1.807) is 53.4 Å². The first kappa shape index (κ1) is 23.5. The van der Waals surface area contributed by atoms with E-state index >= 15 is 0 Å². The van der Waals surface area contributed by atoms with Gasteiger partial charge in [0.25, 0.3) is 11.8 Å². The molecule has 1 aliphatic heterocycles. The smallest absolute Gasteiger partial charge is 0.336 e. The average Bonchev–Trinajstić information content (AvgIpc) is 2.85. The summed E-state index contributed by atoms with van der Waals surface area (Å²) in [7, 11) is 0. The fraction of sp³-hybridized carbons (Fsp3) is 0.231. The van der Waals surface area contributed by atoms with E-state index in [0.717, 1.165) is 17.7 Å². The third-order valence-electron chi connectivity index (χ3n) is 5.79. The third-order valence-corrected chi connectivity index (χ3v) is 5.79. The molecule has 1 aliphatic rings. The number of piperazine rings is 1. The predicted molar refractivity (Wildman–Crippen MR) is 123 cm³/mol. The molecule has 0 aromatic heterocycles. The molecule has 4 rings (SSSR count). The Hall–Kier alpha value is -3.65. The molecule has 0 radical (unpaired) electrons. The molecule has 1 N–H and O–H groups in total. The van der Waals surface area contributed by atoms with Gasteiger partial charge in [0.15, 0.2) is 0 Å². The number of para-hydroxylation sites is 1. The van der Waals surface area contributed by atoms with E-state index in [1.807, 2.05) is 6.07 Å². The summed E-state index contributed by atoms with van der Waals surface area (Å²) in [6.45, 7) is 2.70. The molecule has 1 heterocycles. The lowest BCUT2D eigenvalue weighted by atomic mass is 10.1. The van der Waals surface area contributed by atoms with Crippen LogP contribution in [0.15, 0.2) is 78.9 Å². The molecule has 0 unspecified atom stereocenters. The summed E-state index contributed by atoms with van der Waals surface area (Å²) in [5.41, 5.74) is 1.50. The van der Waals surface area contributed by atoms with Gasteiger partial charge in [-0.1, -0.05) is 42.5 Å². The minimum absolute atomic E-state index is 0.168. The molecule has 34 heavy (non-hydrogen) atoms. The van der Waals surface area contributed by atoms with E-state index in [4.69, 9.17) is 0 Å². The Balaban J connectivity index is 1.36. The average molecular weight is 467 g/mol. The number of carbonyl (C=O) groups excluding carboxylic acids is 2. The molecule has 2 amide bonds. The van der Waals surface area contributed by atoms with Crippen LogP contribution in [0.3, 0.4) is 0 Å². The van der Waals surface area contributed by atoms with Crippen molar-refractivity contribution in [3.63, 3.8) is 0 Å². The topological polar surface area (TPSA) is 52.7 Å². The van der Waals surface area contributed by atoms with Gasteiger partial charge in [0, 0.05) is 38.3 Å². The molecular weight excluding hydrogens is 443 g/mol. The second-order valence-electron chi connectivity index (χ2n) is 8.13. The number of amides is 2. The molecule has 0 bridgehead atoms. The highest BCUT2D eigenvalue weighted by Crippen LogP contribution is 2.29. The van der Waals surface area contributed by atoms with Gasteiger partial charge in [0.2, 0.25) is 0 Å². The van der Waals surface area contributed by atoms with Crippen molar-refractivity contribution >= 4 is 17.5 Å². The van der Waals surface area contributed by atoms with Crippen LogP contribution >= 0.6 is 0 Å². The van der Waals surface area contributed by atoms with Crippen molar-refractivity contribution < 1.29 is 22.8 Å². The molecule has 0 atom stereocenters. The van der Waals surface area contributed by atoms with Gasteiger partial charge in [-0.2, -0.15) is 13.2 Å². The number of rotatable bonds is 5. The molecule has 0 aliphatic carbocycles. The predicted octanol–water partition coefficient (Wildman–Crippen LogP) is 4.92. The summed E-state index contributed by atoms with van der Waals surface area (Å²) < 4.78 is 38.3. The first-order valence-electron chi connectivity index (χ1n) is 10.9. The maximum atomic E-state index is 13.2. The van der Waals surface area contributed by atoms with Crippen molar-refractivity contribution in [1.82, 2.24) is 9.80 Å². The maximum Gasteiger partial charge on any atom is 0.416 e. The lowest BCUT2D eigenvalue weighted by molar-refractivity contribution is -0.137. The Labute approximate surface area is 195 Å². The zero-order chi connectivity index (χ0) is 24.1. The van der Waals surface area contributed by atoms with Crippen LogP contribution in [0, 0.1) is 0 Å². The molecule has 176 valence electrons. The van der Waals surface area contributed by atoms with Crippen LogP contribution in [0.5, 0.6) is 0 Å². The van der Waals surface area contributed by atoms with Crippen molar-refractivity contribution in [2.24, 2.45) is 0 Å². The first-order valence-corrected chi connectivity index (χ1v) is 10.9. The van der Waals surface area contributed by atoms with Gasteiger partial charge >= 0.3 is 6.18 Å². The van der Waals surface area contributed by atoms with Gasteiger partial charge < -0.3 is 10.2 Å². The third kappa shape index (κ3) is 5.63. The zero-order valence-corrected chi connectivity index (χ0v) is 18.4. The van der Waals surface area contributed by atoms with Crippen LogP contribution in [-0.2, 0) is 12.7 Å². The number of carbonyl (C=O) groups is 2.